The van der Waals surface area contributed by atoms with E-state index in [-0.39, 0.29) is 0 Å². The Morgan fingerprint density at radius 3 is 2.44 bits per heavy atom. The summed E-state index contributed by atoms with van der Waals surface area (Å²) in [5.74, 6) is -2.32. The van der Waals surface area contributed by atoms with Crippen LogP contribution in [0.2, 0.25) is 0 Å². The van der Waals surface area contributed by atoms with Crippen LogP contribution < -0.4 is 10.1 Å². The quantitative estimate of drug-likeness (QED) is 0.835. The van der Waals surface area contributed by atoms with E-state index >= 15 is 0 Å². The molecule has 5 nitrogen and oxygen atoms in total. The number of nitrogens with one attached hydrogen (secondary N) is 1. The van der Waals surface area contributed by atoms with Gasteiger partial charge in [-0.2, -0.15) is 13.2 Å². The zero-order chi connectivity index (χ0) is 18.6. The van der Waals surface area contributed by atoms with Gasteiger partial charge in [0.1, 0.15) is 11.8 Å². The number of carbonyl (C=O) groups excluding carboxylic acids is 1. The maximum absolute atomic E-state index is 12.4. The molecule has 0 radical (unpaired) electrons. The zero-order valence-corrected chi connectivity index (χ0v) is 13.2. The van der Waals surface area contributed by atoms with E-state index in [1.165, 1.54) is 6.92 Å². The summed E-state index contributed by atoms with van der Waals surface area (Å²) in [6, 6.07) is 10.3. The second-order valence-electron chi connectivity index (χ2n) is 5.46. The van der Waals surface area contributed by atoms with E-state index in [0.717, 1.165) is 10.8 Å². The molecule has 8 heteroatoms. The molecule has 0 spiro atoms. The highest BCUT2D eigenvalue weighted by molar-refractivity contribution is 5.90. The predicted molar refractivity (Wildman–Crippen MR) is 84.3 cm³/mol. The first-order chi connectivity index (χ1) is 11.7. The van der Waals surface area contributed by atoms with Gasteiger partial charge in [0.05, 0.1) is 6.42 Å². The number of aliphatic carboxylic acids is 1. The van der Waals surface area contributed by atoms with Crippen LogP contribution in [0.25, 0.3) is 10.8 Å². The van der Waals surface area contributed by atoms with Gasteiger partial charge in [-0.05, 0) is 18.4 Å². The molecule has 2 rings (SSSR count). The highest BCUT2D eigenvalue weighted by Crippen LogP contribution is 2.26. The van der Waals surface area contributed by atoms with Crippen LogP contribution in [0, 0.1) is 0 Å². The number of amides is 1. The van der Waals surface area contributed by atoms with Crippen molar-refractivity contribution in [1.82, 2.24) is 5.32 Å². The number of hydrogen-bond acceptors (Lipinski definition) is 3. The monoisotopic (exact) mass is 355 g/mol. The number of halogens is 3. The number of alkyl halides is 3. The second-order valence-corrected chi connectivity index (χ2v) is 5.46. The topological polar surface area (TPSA) is 75.6 Å². The molecule has 0 aromatic heterocycles. The Bertz CT molecular complexity index is 771. The molecule has 0 aliphatic carbocycles. The van der Waals surface area contributed by atoms with Gasteiger partial charge in [-0.15, -0.1) is 0 Å². The third-order valence-corrected chi connectivity index (χ3v) is 3.47. The van der Waals surface area contributed by atoms with Crippen LogP contribution in [0.4, 0.5) is 13.2 Å². The molecule has 0 saturated heterocycles. The average Bonchev–Trinajstić information content (AvgIpc) is 2.53. The van der Waals surface area contributed by atoms with E-state index in [0.29, 0.717) is 5.75 Å². The molecule has 134 valence electrons. The Morgan fingerprint density at radius 1 is 1.16 bits per heavy atom. The van der Waals surface area contributed by atoms with Crippen LogP contribution in [0.5, 0.6) is 5.75 Å². The van der Waals surface area contributed by atoms with Crippen molar-refractivity contribution in [3.8, 4) is 5.75 Å². The number of carbonyl (C=O) groups is 2. The standard InChI is InChI=1S/C17H16F3NO4/c1-10(15(22)21-13(16(23)24)9-17(18,19)20)25-14-8-4-6-11-5-2-3-7-12(11)14/h2-8,10,13H,9H2,1H3,(H,21,22)(H,23,24). The first-order valence-electron chi connectivity index (χ1n) is 7.42. The lowest BCUT2D eigenvalue weighted by Crippen LogP contribution is -2.48. The fourth-order valence-electron chi connectivity index (χ4n) is 2.26. The molecule has 0 saturated carbocycles. The molecule has 2 aromatic carbocycles. The molecule has 0 bridgehead atoms. The first-order valence-corrected chi connectivity index (χ1v) is 7.42. The van der Waals surface area contributed by atoms with Crippen LogP contribution in [0.15, 0.2) is 42.5 Å². The largest absolute Gasteiger partial charge is 0.480 e. The van der Waals surface area contributed by atoms with Crippen molar-refractivity contribution in [3.63, 3.8) is 0 Å². The highest BCUT2D eigenvalue weighted by atomic mass is 19.4. The van der Waals surface area contributed by atoms with Gasteiger partial charge in [-0.3, -0.25) is 4.79 Å². The molecule has 0 aliphatic heterocycles. The van der Waals surface area contributed by atoms with Crippen molar-refractivity contribution >= 4 is 22.6 Å². The molecule has 0 heterocycles. The molecule has 2 aromatic rings. The molecule has 0 aliphatic rings. The van der Waals surface area contributed by atoms with Gasteiger partial charge >= 0.3 is 12.1 Å². The third-order valence-electron chi connectivity index (χ3n) is 3.47. The summed E-state index contributed by atoms with van der Waals surface area (Å²) < 4.78 is 42.7. The minimum absolute atomic E-state index is 0.378. The normalized spacial score (nSPS) is 13.9. The minimum atomic E-state index is -4.71. The van der Waals surface area contributed by atoms with Crippen molar-refractivity contribution in [2.75, 3.05) is 0 Å². The maximum atomic E-state index is 12.4. The molecule has 2 N–H and O–H groups in total. The number of carboxylic acids is 1. The van der Waals surface area contributed by atoms with E-state index in [4.69, 9.17) is 9.84 Å². The van der Waals surface area contributed by atoms with Crippen LogP contribution in [-0.4, -0.2) is 35.3 Å². The van der Waals surface area contributed by atoms with Gasteiger partial charge in [0, 0.05) is 5.39 Å². The summed E-state index contributed by atoms with van der Waals surface area (Å²) >= 11 is 0. The van der Waals surface area contributed by atoms with E-state index < -0.39 is 36.6 Å². The first kappa shape index (κ1) is 18.6. The van der Waals surface area contributed by atoms with Crippen LogP contribution >= 0.6 is 0 Å². The van der Waals surface area contributed by atoms with E-state index in [2.05, 4.69) is 0 Å². The van der Waals surface area contributed by atoms with Crippen molar-refractivity contribution in [1.29, 1.82) is 0 Å². The van der Waals surface area contributed by atoms with Crippen molar-refractivity contribution in [2.45, 2.75) is 31.7 Å². The van der Waals surface area contributed by atoms with Gasteiger partial charge in [0.2, 0.25) is 0 Å². The number of fused-ring (bicyclic) bond motifs is 1. The Balaban J connectivity index is 2.10. The number of benzene rings is 2. The Morgan fingerprint density at radius 2 is 1.80 bits per heavy atom. The van der Waals surface area contributed by atoms with Crippen molar-refractivity contribution < 1.29 is 32.6 Å². The lowest BCUT2D eigenvalue weighted by Gasteiger charge is -2.20. The molecule has 25 heavy (non-hydrogen) atoms. The number of rotatable bonds is 6. The van der Waals surface area contributed by atoms with E-state index in [9.17, 15) is 22.8 Å². The lowest BCUT2D eigenvalue weighted by atomic mass is 10.1. The Hall–Kier alpha value is -2.77. The molecule has 0 fully saturated rings. The van der Waals surface area contributed by atoms with E-state index in [1.54, 1.807) is 24.3 Å². The third kappa shape index (κ3) is 5.10. The fourth-order valence-corrected chi connectivity index (χ4v) is 2.26. The smallest absolute Gasteiger partial charge is 0.391 e. The predicted octanol–water partition coefficient (Wildman–Crippen LogP) is 3.13. The molecular weight excluding hydrogens is 339 g/mol. The van der Waals surface area contributed by atoms with Crippen LogP contribution in [0.3, 0.4) is 0 Å². The zero-order valence-electron chi connectivity index (χ0n) is 13.2. The Labute approximate surface area is 141 Å². The Kier molecular flexibility index (Phi) is 5.51. The highest BCUT2D eigenvalue weighted by Gasteiger charge is 2.37. The minimum Gasteiger partial charge on any atom is -0.480 e. The summed E-state index contributed by atoms with van der Waals surface area (Å²) in [6.07, 6.45) is -7.54. The van der Waals surface area contributed by atoms with Crippen LogP contribution in [-0.2, 0) is 9.59 Å². The van der Waals surface area contributed by atoms with Crippen molar-refractivity contribution in [2.24, 2.45) is 0 Å². The summed E-state index contributed by atoms with van der Waals surface area (Å²) in [4.78, 5) is 22.9. The summed E-state index contributed by atoms with van der Waals surface area (Å²) in [5.41, 5.74) is 0. The summed E-state index contributed by atoms with van der Waals surface area (Å²) in [6.45, 7) is 1.34. The summed E-state index contributed by atoms with van der Waals surface area (Å²) in [5, 5.41) is 12.3. The van der Waals surface area contributed by atoms with E-state index in [1.807, 2.05) is 23.5 Å². The van der Waals surface area contributed by atoms with Gasteiger partial charge in [-0.25, -0.2) is 4.79 Å². The van der Waals surface area contributed by atoms with Gasteiger partial charge < -0.3 is 15.2 Å². The van der Waals surface area contributed by atoms with Gasteiger partial charge in [-0.1, -0.05) is 36.4 Å². The average molecular weight is 355 g/mol. The molecule has 1 amide bonds. The van der Waals surface area contributed by atoms with Gasteiger partial charge in [0.15, 0.2) is 6.10 Å². The second kappa shape index (κ2) is 7.42. The fraction of sp³-hybridized carbons (Fsp3) is 0.294. The SMILES string of the molecule is CC(Oc1cccc2ccccc12)C(=O)NC(CC(F)(F)F)C(=O)O. The lowest BCUT2D eigenvalue weighted by molar-refractivity contribution is -0.160. The van der Waals surface area contributed by atoms with Crippen molar-refractivity contribution in [3.05, 3.63) is 42.5 Å². The maximum Gasteiger partial charge on any atom is 0.391 e. The molecule has 2 unspecified atom stereocenters. The van der Waals surface area contributed by atoms with Gasteiger partial charge in [0.25, 0.3) is 5.91 Å². The van der Waals surface area contributed by atoms with Crippen LogP contribution in [0.1, 0.15) is 13.3 Å². The molecular formula is C17H16F3NO4. The number of hydrogen-bond donors (Lipinski definition) is 2. The number of ether oxygens (including phenoxy) is 1. The number of carboxylic acid groups (broad SMARTS) is 1. The summed E-state index contributed by atoms with van der Waals surface area (Å²) in [7, 11) is 0. The molecule has 2 atom stereocenters.